The smallest absolute Gasteiger partial charge is 0.258 e. The number of benzene rings is 1. The topological polar surface area (TPSA) is 83.9 Å². The molecule has 1 unspecified atom stereocenters. The van der Waals surface area contributed by atoms with E-state index in [2.05, 4.69) is 5.32 Å². The van der Waals surface area contributed by atoms with Crippen LogP contribution in [0.1, 0.15) is 38.5 Å². The first-order chi connectivity index (χ1) is 13.0. The summed E-state index contributed by atoms with van der Waals surface area (Å²) in [6, 6.07) is 5.42. The molecule has 0 radical (unpaired) electrons. The van der Waals surface area contributed by atoms with Crippen molar-refractivity contribution in [2.45, 2.75) is 44.1 Å². The van der Waals surface area contributed by atoms with E-state index in [0.717, 1.165) is 12.8 Å². The Kier molecular flexibility index (Phi) is 5.77. The molecule has 3 rings (SSSR count). The highest BCUT2D eigenvalue weighted by molar-refractivity contribution is 6.07. The molecule has 1 saturated heterocycles. The molecule has 7 nitrogen and oxygen atoms in total. The second kappa shape index (κ2) is 8.06. The van der Waals surface area contributed by atoms with Crippen molar-refractivity contribution < 1.29 is 19.0 Å². The number of amides is 1. The number of hydrogen-bond donors (Lipinski definition) is 2. The van der Waals surface area contributed by atoms with Crippen LogP contribution in [0.15, 0.2) is 18.2 Å². The van der Waals surface area contributed by atoms with E-state index >= 15 is 0 Å². The van der Waals surface area contributed by atoms with E-state index in [1.54, 1.807) is 33.4 Å². The van der Waals surface area contributed by atoms with Crippen LogP contribution in [-0.2, 0) is 4.79 Å². The molecular weight excluding hydrogens is 346 g/mol. The van der Waals surface area contributed by atoms with E-state index < -0.39 is 5.54 Å². The van der Waals surface area contributed by atoms with Crippen LogP contribution in [0.4, 0.5) is 0 Å². The molecule has 2 aliphatic rings. The van der Waals surface area contributed by atoms with Crippen LogP contribution in [0.3, 0.4) is 0 Å². The lowest BCUT2D eigenvalue weighted by Crippen LogP contribution is -2.53. The first kappa shape index (κ1) is 19.3. The standard InChI is InChI=1S/C20H29N3O4/c1-23-18(24)20(22-19(23)21,12-14-8-5-4-6-9-14)13-27-16-11-7-10-15(25-2)17(16)26-3/h7,10-11,14H,4-6,8-9,12-13H2,1-3H3,(H2,21,22). The molecule has 27 heavy (non-hydrogen) atoms. The number of para-hydroxylation sites is 1. The van der Waals surface area contributed by atoms with Crippen LogP contribution in [0.2, 0.25) is 0 Å². The third kappa shape index (κ3) is 3.82. The van der Waals surface area contributed by atoms with Gasteiger partial charge in [-0.25, -0.2) is 0 Å². The number of carbonyl (C=O) groups is 1. The number of hydrogen-bond acceptors (Lipinski definition) is 5. The van der Waals surface area contributed by atoms with Gasteiger partial charge in [0.2, 0.25) is 5.75 Å². The number of nitrogens with zero attached hydrogens (tertiary/aromatic N) is 1. The first-order valence-corrected chi connectivity index (χ1v) is 9.49. The van der Waals surface area contributed by atoms with Crippen LogP contribution in [0.5, 0.6) is 17.2 Å². The highest BCUT2D eigenvalue weighted by Crippen LogP contribution is 2.38. The van der Waals surface area contributed by atoms with E-state index in [9.17, 15) is 4.79 Å². The Balaban J connectivity index is 1.82. The van der Waals surface area contributed by atoms with Crippen molar-refractivity contribution in [3.63, 3.8) is 0 Å². The number of guanidine groups is 1. The minimum absolute atomic E-state index is 0.111. The fraction of sp³-hybridized carbons (Fsp3) is 0.600. The van der Waals surface area contributed by atoms with Gasteiger partial charge in [0.1, 0.15) is 6.61 Å². The predicted molar refractivity (Wildman–Crippen MR) is 103 cm³/mol. The van der Waals surface area contributed by atoms with Gasteiger partial charge in [-0.3, -0.25) is 15.1 Å². The Morgan fingerprint density at radius 2 is 1.89 bits per heavy atom. The number of likely N-dealkylation sites (N-methyl/N-ethyl adjacent to an activating group) is 1. The SMILES string of the molecule is COc1cccc(OCC2(CC3CCCCC3)NC(=N)N(C)C2=O)c1OC. The highest BCUT2D eigenvalue weighted by Gasteiger charge is 2.50. The number of methoxy groups -OCH3 is 2. The lowest BCUT2D eigenvalue weighted by atomic mass is 9.79. The molecule has 1 heterocycles. The summed E-state index contributed by atoms with van der Waals surface area (Å²) in [6.07, 6.45) is 6.58. The minimum Gasteiger partial charge on any atom is -0.493 e. The summed E-state index contributed by atoms with van der Waals surface area (Å²) in [6.45, 7) is 0.137. The van der Waals surface area contributed by atoms with Gasteiger partial charge < -0.3 is 19.5 Å². The van der Waals surface area contributed by atoms with Crippen molar-refractivity contribution in [3.8, 4) is 17.2 Å². The Labute approximate surface area is 160 Å². The maximum atomic E-state index is 13.0. The highest BCUT2D eigenvalue weighted by atomic mass is 16.5. The first-order valence-electron chi connectivity index (χ1n) is 9.49. The van der Waals surface area contributed by atoms with E-state index in [-0.39, 0.29) is 18.5 Å². The van der Waals surface area contributed by atoms with Crippen LogP contribution in [0.25, 0.3) is 0 Å². The number of carbonyl (C=O) groups excluding carboxylic acids is 1. The van der Waals surface area contributed by atoms with Crippen LogP contribution in [0, 0.1) is 11.3 Å². The summed E-state index contributed by atoms with van der Waals surface area (Å²) in [4.78, 5) is 14.4. The van der Waals surface area contributed by atoms with Gasteiger partial charge in [0.25, 0.3) is 5.91 Å². The Morgan fingerprint density at radius 3 is 2.48 bits per heavy atom. The average Bonchev–Trinajstić information content (AvgIpc) is 2.90. The van der Waals surface area contributed by atoms with Crippen molar-refractivity contribution >= 4 is 11.9 Å². The van der Waals surface area contributed by atoms with Crippen LogP contribution >= 0.6 is 0 Å². The van der Waals surface area contributed by atoms with E-state index in [1.165, 1.54) is 24.2 Å². The summed E-state index contributed by atoms with van der Waals surface area (Å²) in [5.74, 6) is 2.08. The molecule has 1 atom stereocenters. The van der Waals surface area contributed by atoms with E-state index in [4.69, 9.17) is 19.6 Å². The van der Waals surface area contributed by atoms with Crippen molar-refractivity contribution in [3.05, 3.63) is 18.2 Å². The molecule has 1 aromatic rings. The summed E-state index contributed by atoms with van der Waals surface area (Å²) in [5, 5.41) is 11.2. The molecule has 1 aliphatic carbocycles. The molecule has 7 heteroatoms. The molecule has 148 valence electrons. The summed E-state index contributed by atoms with van der Waals surface area (Å²) in [5.41, 5.74) is -0.915. The van der Waals surface area contributed by atoms with Gasteiger partial charge in [0.15, 0.2) is 23.0 Å². The molecule has 1 amide bonds. The van der Waals surface area contributed by atoms with Gasteiger partial charge in [0.05, 0.1) is 14.2 Å². The van der Waals surface area contributed by atoms with Gasteiger partial charge in [0, 0.05) is 7.05 Å². The molecule has 2 fully saturated rings. The van der Waals surface area contributed by atoms with Crippen molar-refractivity contribution in [2.75, 3.05) is 27.9 Å². The zero-order valence-electron chi connectivity index (χ0n) is 16.3. The molecule has 2 N–H and O–H groups in total. The summed E-state index contributed by atoms with van der Waals surface area (Å²) < 4.78 is 16.8. The normalized spacial score (nSPS) is 23.3. The Morgan fingerprint density at radius 1 is 1.19 bits per heavy atom. The molecule has 0 spiro atoms. The zero-order valence-corrected chi connectivity index (χ0v) is 16.3. The van der Waals surface area contributed by atoms with Crippen molar-refractivity contribution in [1.82, 2.24) is 10.2 Å². The Bertz CT molecular complexity index is 702. The fourth-order valence-corrected chi connectivity index (χ4v) is 4.14. The molecular formula is C20H29N3O4. The Hall–Kier alpha value is -2.44. The van der Waals surface area contributed by atoms with Gasteiger partial charge in [-0.05, 0) is 24.5 Å². The third-order valence-corrected chi connectivity index (χ3v) is 5.61. The second-order valence-corrected chi connectivity index (χ2v) is 7.41. The molecule has 1 aliphatic heterocycles. The molecule has 0 bridgehead atoms. The molecule has 0 aromatic heterocycles. The lowest BCUT2D eigenvalue weighted by Gasteiger charge is -2.32. The maximum absolute atomic E-state index is 13.0. The van der Waals surface area contributed by atoms with Crippen LogP contribution < -0.4 is 19.5 Å². The second-order valence-electron chi connectivity index (χ2n) is 7.41. The quantitative estimate of drug-likeness (QED) is 0.766. The summed E-state index contributed by atoms with van der Waals surface area (Å²) in [7, 11) is 4.77. The molecule has 1 saturated carbocycles. The minimum atomic E-state index is -0.915. The monoisotopic (exact) mass is 375 g/mol. The third-order valence-electron chi connectivity index (χ3n) is 5.61. The largest absolute Gasteiger partial charge is 0.493 e. The van der Waals surface area contributed by atoms with Gasteiger partial charge >= 0.3 is 0 Å². The fourth-order valence-electron chi connectivity index (χ4n) is 4.14. The van der Waals surface area contributed by atoms with E-state index in [0.29, 0.717) is 29.6 Å². The average molecular weight is 375 g/mol. The number of nitrogens with one attached hydrogen (secondary N) is 2. The number of ether oxygens (including phenoxy) is 3. The van der Waals surface area contributed by atoms with Gasteiger partial charge in [-0.15, -0.1) is 0 Å². The van der Waals surface area contributed by atoms with Gasteiger partial charge in [-0.1, -0.05) is 38.2 Å². The molecule has 1 aromatic carbocycles. The summed E-state index contributed by atoms with van der Waals surface area (Å²) >= 11 is 0. The predicted octanol–water partition coefficient (Wildman–Crippen LogP) is 2.79. The van der Waals surface area contributed by atoms with E-state index in [1.807, 2.05) is 6.07 Å². The van der Waals surface area contributed by atoms with Crippen molar-refractivity contribution in [2.24, 2.45) is 5.92 Å². The van der Waals surface area contributed by atoms with Gasteiger partial charge in [-0.2, -0.15) is 0 Å². The van der Waals surface area contributed by atoms with Crippen molar-refractivity contribution in [1.29, 1.82) is 5.41 Å². The van der Waals surface area contributed by atoms with Crippen LogP contribution in [-0.4, -0.2) is 50.2 Å². The number of rotatable bonds is 7. The maximum Gasteiger partial charge on any atom is 0.258 e. The zero-order chi connectivity index (χ0) is 19.4. The lowest BCUT2D eigenvalue weighted by molar-refractivity contribution is -0.132.